The molecule has 1 fully saturated rings. The van der Waals surface area contributed by atoms with Crippen molar-refractivity contribution in [2.24, 2.45) is 0 Å². The van der Waals surface area contributed by atoms with Crippen LogP contribution in [-0.2, 0) is 26.1 Å². The Hall–Kier alpha value is -2.76. The van der Waals surface area contributed by atoms with Gasteiger partial charge in [-0.05, 0) is 42.8 Å². The number of carbonyl (C=O) groups excluding carboxylic acids is 1. The largest absolute Gasteiger partial charge is 0.487 e. The molecule has 0 saturated carbocycles. The quantitative estimate of drug-likeness (QED) is 0.557. The van der Waals surface area contributed by atoms with Crippen molar-refractivity contribution in [1.29, 1.82) is 0 Å². The summed E-state index contributed by atoms with van der Waals surface area (Å²) in [5.74, 6) is -1.28. The Kier molecular flexibility index (Phi) is 6.55. The van der Waals surface area contributed by atoms with Gasteiger partial charge in [-0.2, -0.15) is 0 Å². The Labute approximate surface area is 190 Å². The van der Waals surface area contributed by atoms with Crippen molar-refractivity contribution in [3.8, 4) is 5.75 Å². The second-order valence-electron chi connectivity index (χ2n) is 8.25. The molecule has 2 aliphatic heterocycles. The van der Waals surface area contributed by atoms with E-state index in [2.05, 4.69) is 10.0 Å². The molecular weight excluding hydrogens is 458 g/mol. The molecule has 178 valence electrons. The Bertz CT molecular complexity index is 1160. The number of hydrogen-bond acceptors (Lipinski definition) is 6. The van der Waals surface area contributed by atoms with E-state index < -0.39 is 45.9 Å². The monoisotopic (exact) mass is 482 g/mol. The van der Waals surface area contributed by atoms with Gasteiger partial charge in [-0.3, -0.25) is 9.52 Å². The van der Waals surface area contributed by atoms with Gasteiger partial charge in [0, 0.05) is 29.3 Å². The van der Waals surface area contributed by atoms with Gasteiger partial charge in [-0.1, -0.05) is 0 Å². The summed E-state index contributed by atoms with van der Waals surface area (Å²) < 4.78 is 64.5. The van der Waals surface area contributed by atoms with Crippen LogP contribution < -0.4 is 14.8 Å². The van der Waals surface area contributed by atoms with Gasteiger partial charge in [0.2, 0.25) is 15.9 Å². The fraction of sp³-hybridized carbons (Fsp3) is 0.409. The molecule has 0 spiro atoms. The van der Waals surface area contributed by atoms with Crippen LogP contribution in [0.3, 0.4) is 0 Å². The summed E-state index contributed by atoms with van der Waals surface area (Å²) in [6.07, 6.45) is -0.298. The number of aliphatic hydroxyl groups excluding tert-OH is 1. The van der Waals surface area contributed by atoms with E-state index in [-0.39, 0.29) is 31.1 Å². The number of nitrogens with one attached hydrogen (secondary N) is 2. The Morgan fingerprint density at radius 2 is 2.00 bits per heavy atom. The maximum Gasteiger partial charge on any atom is 0.229 e. The molecule has 1 amide bonds. The third kappa shape index (κ3) is 5.43. The molecule has 0 aliphatic carbocycles. The van der Waals surface area contributed by atoms with Gasteiger partial charge in [-0.25, -0.2) is 17.2 Å². The predicted molar refractivity (Wildman–Crippen MR) is 115 cm³/mol. The number of carbonyl (C=O) groups is 1. The summed E-state index contributed by atoms with van der Waals surface area (Å²) in [5.41, 5.74) is 1.19. The second-order valence-corrected chi connectivity index (χ2v) is 10.00. The van der Waals surface area contributed by atoms with Crippen LogP contribution in [0.5, 0.6) is 5.75 Å². The average Bonchev–Trinajstić information content (AvgIpc) is 3.10. The number of halogens is 2. The molecule has 33 heavy (non-hydrogen) atoms. The zero-order valence-electron chi connectivity index (χ0n) is 17.8. The third-order valence-corrected chi connectivity index (χ3v) is 6.31. The molecule has 0 radical (unpaired) electrons. The van der Waals surface area contributed by atoms with E-state index in [0.29, 0.717) is 17.9 Å². The first-order valence-electron chi connectivity index (χ1n) is 10.4. The zero-order chi connectivity index (χ0) is 23.8. The van der Waals surface area contributed by atoms with Crippen molar-refractivity contribution in [1.82, 2.24) is 5.32 Å². The van der Waals surface area contributed by atoms with E-state index in [1.165, 1.54) is 0 Å². The van der Waals surface area contributed by atoms with Crippen LogP contribution in [-0.4, -0.2) is 50.6 Å². The van der Waals surface area contributed by atoms with E-state index in [9.17, 15) is 27.1 Å². The topological polar surface area (TPSA) is 114 Å². The molecule has 4 atom stereocenters. The lowest BCUT2D eigenvalue weighted by molar-refractivity contribution is -0.142. The Balaban J connectivity index is 1.44. The number of aliphatic hydroxyl groups is 1. The number of hydrogen-bond donors (Lipinski definition) is 3. The zero-order valence-corrected chi connectivity index (χ0v) is 18.6. The summed E-state index contributed by atoms with van der Waals surface area (Å²) in [6.45, 7) is -0.493. The van der Waals surface area contributed by atoms with Gasteiger partial charge in [0.1, 0.15) is 29.6 Å². The fourth-order valence-corrected chi connectivity index (χ4v) is 4.87. The number of fused-ring (bicyclic) bond motifs is 3. The summed E-state index contributed by atoms with van der Waals surface area (Å²) in [5, 5.41) is 12.4. The summed E-state index contributed by atoms with van der Waals surface area (Å²) in [6, 6.07) is 7.95. The maximum atomic E-state index is 13.8. The molecule has 1 saturated heterocycles. The van der Waals surface area contributed by atoms with E-state index in [0.717, 1.165) is 30.0 Å². The number of benzene rings is 2. The minimum absolute atomic E-state index is 0.0326. The lowest BCUT2D eigenvalue weighted by Gasteiger charge is -2.37. The van der Waals surface area contributed by atoms with Gasteiger partial charge in [0.25, 0.3) is 0 Å². The van der Waals surface area contributed by atoms with Crippen molar-refractivity contribution < 1.29 is 36.6 Å². The van der Waals surface area contributed by atoms with Gasteiger partial charge < -0.3 is 19.9 Å². The van der Waals surface area contributed by atoms with Gasteiger partial charge in [0.15, 0.2) is 0 Å². The summed E-state index contributed by atoms with van der Waals surface area (Å²) in [4.78, 5) is 12.4. The Morgan fingerprint density at radius 3 is 2.73 bits per heavy atom. The van der Waals surface area contributed by atoms with Crippen molar-refractivity contribution in [2.45, 2.75) is 43.6 Å². The van der Waals surface area contributed by atoms with Crippen LogP contribution in [0.15, 0.2) is 36.4 Å². The minimum Gasteiger partial charge on any atom is -0.487 e. The number of anilines is 1. The van der Waals surface area contributed by atoms with Crippen molar-refractivity contribution in [3.63, 3.8) is 0 Å². The first-order valence-corrected chi connectivity index (χ1v) is 12.3. The van der Waals surface area contributed by atoms with Crippen LogP contribution in [0.25, 0.3) is 0 Å². The smallest absolute Gasteiger partial charge is 0.229 e. The molecule has 0 unspecified atom stereocenters. The van der Waals surface area contributed by atoms with E-state index in [1.54, 1.807) is 18.2 Å². The molecule has 0 bridgehead atoms. The maximum absolute atomic E-state index is 13.8. The molecule has 3 N–H and O–H groups in total. The first kappa shape index (κ1) is 23.4. The van der Waals surface area contributed by atoms with E-state index in [4.69, 9.17) is 9.47 Å². The molecule has 2 aliphatic rings. The minimum atomic E-state index is -3.46. The fourth-order valence-electron chi connectivity index (χ4n) is 4.32. The molecule has 11 heteroatoms. The molecule has 8 nitrogen and oxygen atoms in total. The molecule has 0 aromatic heterocycles. The van der Waals surface area contributed by atoms with Crippen LogP contribution >= 0.6 is 0 Å². The lowest BCUT2D eigenvalue weighted by Crippen LogP contribution is -2.47. The van der Waals surface area contributed by atoms with Crippen molar-refractivity contribution >= 4 is 21.6 Å². The highest BCUT2D eigenvalue weighted by molar-refractivity contribution is 7.92. The molecular formula is C22H24F2N2O6S. The number of sulfonamides is 1. The molecule has 2 aromatic carbocycles. The first-order chi connectivity index (χ1) is 15.6. The third-order valence-electron chi connectivity index (χ3n) is 5.70. The highest BCUT2D eigenvalue weighted by Gasteiger charge is 2.46. The van der Waals surface area contributed by atoms with Crippen molar-refractivity contribution in [2.75, 3.05) is 17.6 Å². The number of amides is 1. The van der Waals surface area contributed by atoms with Crippen LogP contribution in [0.4, 0.5) is 14.5 Å². The highest BCUT2D eigenvalue weighted by atomic mass is 32.2. The summed E-state index contributed by atoms with van der Waals surface area (Å²) >= 11 is 0. The predicted octanol–water partition coefficient (Wildman–Crippen LogP) is 2.04. The molecule has 4 rings (SSSR count). The van der Waals surface area contributed by atoms with Crippen LogP contribution in [0.1, 0.15) is 29.9 Å². The van der Waals surface area contributed by atoms with Crippen LogP contribution in [0.2, 0.25) is 0 Å². The average molecular weight is 483 g/mol. The second kappa shape index (κ2) is 9.24. The van der Waals surface area contributed by atoms with Gasteiger partial charge >= 0.3 is 0 Å². The van der Waals surface area contributed by atoms with Crippen molar-refractivity contribution in [3.05, 3.63) is 59.2 Å². The number of ether oxygens (including phenoxy) is 2. The van der Waals surface area contributed by atoms with E-state index >= 15 is 0 Å². The van der Waals surface area contributed by atoms with Gasteiger partial charge in [0.05, 0.1) is 25.4 Å². The van der Waals surface area contributed by atoms with Gasteiger partial charge in [-0.15, -0.1) is 0 Å². The summed E-state index contributed by atoms with van der Waals surface area (Å²) in [7, 11) is -3.46. The SMILES string of the molecule is CS(=O)(=O)Nc1ccc2c(c1)[C@H]1C[C@H](CC(=O)NCc3cc(F)ccc3F)O[C@@H](CO)[C@H]1O2. The van der Waals surface area contributed by atoms with E-state index in [1.807, 2.05) is 0 Å². The lowest BCUT2D eigenvalue weighted by atomic mass is 9.84. The molecule has 2 heterocycles. The Morgan fingerprint density at radius 1 is 1.21 bits per heavy atom. The standard InChI is InChI=1S/C22H24F2N2O6S/c1-33(29,30)26-14-3-5-19-16(7-14)17-8-15(31-20(11-27)22(17)32-19)9-21(28)25-10-12-6-13(23)2-4-18(12)24/h2-7,15,17,20,22,26-27H,8-11H2,1H3,(H,25,28)/t15-,17-,20+,22+/m1/s1. The molecule has 2 aromatic rings. The number of rotatable bonds is 7. The highest BCUT2D eigenvalue weighted by Crippen LogP contribution is 2.47. The van der Waals surface area contributed by atoms with Crippen LogP contribution in [0, 0.1) is 11.6 Å². The normalized spacial score (nSPS) is 23.9.